The first kappa shape index (κ1) is 13.4. The van der Waals surface area contributed by atoms with Gasteiger partial charge in [0.1, 0.15) is 11.3 Å². The Labute approximate surface area is 118 Å². The average molecular weight is 332 g/mol. The molecule has 0 amide bonds. The highest BCUT2D eigenvalue weighted by Gasteiger charge is 2.18. The maximum atomic E-state index is 11.2. The normalized spacial score (nSPS) is 10.8. The first-order chi connectivity index (χ1) is 8.65. The van der Waals surface area contributed by atoms with Gasteiger partial charge in [-0.2, -0.15) is 0 Å². The molecule has 0 saturated carbocycles. The Morgan fingerprint density at radius 1 is 1.50 bits per heavy atom. The molecule has 0 bridgehead atoms. The van der Waals surface area contributed by atoms with Gasteiger partial charge >= 0.3 is 0 Å². The van der Waals surface area contributed by atoms with Crippen molar-refractivity contribution in [3.63, 3.8) is 0 Å². The van der Waals surface area contributed by atoms with Crippen LogP contribution >= 0.6 is 27.5 Å². The van der Waals surface area contributed by atoms with Crippen molar-refractivity contribution in [3.05, 3.63) is 29.5 Å². The molecule has 0 aliphatic heterocycles. The maximum absolute atomic E-state index is 11.2. The van der Waals surface area contributed by atoms with E-state index in [4.69, 9.17) is 20.8 Å². The fourth-order valence-electron chi connectivity index (χ4n) is 1.81. The Hall–Kier alpha value is -1.000. The van der Waals surface area contributed by atoms with E-state index in [1.807, 2.05) is 12.1 Å². The molecule has 3 nitrogen and oxygen atoms in total. The summed E-state index contributed by atoms with van der Waals surface area (Å²) < 4.78 is 11.1. The molecule has 2 aromatic rings. The van der Waals surface area contributed by atoms with Gasteiger partial charge in [0.15, 0.2) is 5.76 Å². The summed E-state index contributed by atoms with van der Waals surface area (Å²) in [5, 5.41) is 1.12. The van der Waals surface area contributed by atoms with Crippen LogP contribution in [0.3, 0.4) is 0 Å². The van der Waals surface area contributed by atoms with E-state index in [0.717, 1.165) is 28.5 Å². The minimum atomic E-state index is -0.588. The number of carbonyl (C=O) groups is 1. The Morgan fingerprint density at radius 2 is 2.28 bits per heavy atom. The highest BCUT2D eigenvalue weighted by atomic mass is 79.9. The highest BCUT2D eigenvalue weighted by Crippen LogP contribution is 2.33. The van der Waals surface area contributed by atoms with Crippen molar-refractivity contribution in [2.24, 2.45) is 0 Å². The van der Waals surface area contributed by atoms with Crippen LogP contribution in [0, 0.1) is 6.92 Å². The third kappa shape index (κ3) is 2.54. The predicted octanol–water partition coefficient (Wildman–Crippen LogP) is 4.28. The van der Waals surface area contributed by atoms with Crippen molar-refractivity contribution in [3.8, 4) is 5.75 Å². The number of carbonyl (C=O) groups excluding carboxylic acids is 1. The lowest BCUT2D eigenvalue weighted by Gasteiger charge is -2.06. The van der Waals surface area contributed by atoms with Crippen molar-refractivity contribution >= 4 is 43.7 Å². The second kappa shape index (κ2) is 5.76. The fourth-order valence-corrected chi connectivity index (χ4v) is 2.22. The summed E-state index contributed by atoms with van der Waals surface area (Å²) in [7, 11) is 0. The second-order valence-electron chi connectivity index (χ2n) is 3.85. The minimum Gasteiger partial charge on any atom is -0.493 e. The standard InChI is InChI=1S/C13H12BrClO3/c1-8-11-9(17-7-3-6-14)4-2-5-10(11)18-12(8)13(15)16/h2,4-5H,3,6-7H2,1H3. The van der Waals surface area contributed by atoms with E-state index in [1.165, 1.54) is 0 Å². The van der Waals surface area contributed by atoms with Gasteiger partial charge in [-0.3, -0.25) is 4.79 Å². The van der Waals surface area contributed by atoms with E-state index >= 15 is 0 Å². The first-order valence-corrected chi connectivity index (χ1v) is 7.05. The molecule has 0 fully saturated rings. The van der Waals surface area contributed by atoms with E-state index in [-0.39, 0.29) is 5.76 Å². The quantitative estimate of drug-likeness (QED) is 0.466. The van der Waals surface area contributed by atoms with Gasteiger partial charge in [-0.05, 0) is 37.1 Å². The lowest BCUT2D eigenvalue weighted by Crippen LogP contribution is -1.98. The molecule has 96 valence electrons. The van der Waals surface area contributed by atoms with Gasteiger partial charge in [-0.15, -0.1) is 0 Å². The smallest absolute Gasteiger partial charge is 0.288 e. The number of halogens is 2. The lowest BCUT2D eigenvalue weighted by molar-refractivity contribution is 0.105. The van der Waals surface area contributed by atoms with Crippen molar-refractivity contribution in [2.45, 2.75) is 13.3 Å². The van der Waals surface area contributed by atoms with Gasteiger partial charge in [0.25, 0.3) is 5.24 Å². The Balaban J connectivity index is 2.44. The number of hydrogen-bond acceptors (Lipinski definition) is 3. The molecule has 0 spiro atoms. The average Bonchev–Trinajstić information content (AvgIpc) is 2.68. The van der Waals surface area contributed by atoms with Crippen LogP contribution in [0.5, 0.6) is 5.75 Å². The van der Waals surface area contributed by atoms with Crippen LogP contribution < -0.4 is 4.74 Å². The van der Waals surface area contributed by atoms with Crippen LogP contribution in [-0.2, 0) is 0 Å². The summed E-state index contributed by atoms with van der Waals surface area (Å²) in [6.07, 6.45) is 0.911. The number of ether oxygens (including phenoxy) is 1. The summed E-state index contributed by atoms with van der Waals surface area (Å²) in [5.41, 5.74) is 1.34. The number of furan rings is 1. The topological polar surface area (TPSA) is 39.4 Å². The largest absolute Gasteiger partial charge is 0.493 e. The number of alkyl halides is 1. The van der Waals surface area contributed by atoms with E-state index in [9.17, 15) is 4.79 Å². The summed E-state index contributed by atoms with van der Waals surface area (Å²) >= 11 is 8.83. The van der Waals surface area contributed by atoms with E-state index in [1.54, 1.807) is 13.0 Å². The molecule has 0 aliphatic rings. The predicted molar refractivity (Wildman–Crippen MR) is 75.0 cm³/mol. The third-order valence-electron chi connectivity index (χ3n) is 2.63. The van der Waals surface area contributed by atoms with Gasteiger partial charge in [0, 0.05) is 10.9 Å². The molecule has 0 atom stereocenters. The molecule has 5 heteroatoms. The Morgan fingerprint density at radius 3 is 2.94 bits per heavy atom. The van der Waals surface area contributed by atoms with Crippen LogP contribution in [0.15, 0.2) is 22.6 Å². The zero-order valence-electron chi connectivity index (χ0n) is 9.83. The summed E-state index contributed by atoms with van der Waals surface area (Å²) in [6.45, 7) is 2.41. The molecule has 2 rings (SSSR count). The van der Waals surface area contributed by atoms with Crippen molar-refractivity contribution in [1.29, 1.82) is 0 Å². The van der Waals surface area contributed by atoms with Crippen LogP contribution in [0.2, 0.25) is 0 Å². The second-order valence-corrected chi connectivity index (χ2v) is 4.99. The van der Waals surface area contributed by atoms with Crippen molar-refractivity contribution in [2.75, 3.05) is 11.9 Å². The van der Waals surface area contributed by atoms with Crippen LogP contribution in [0.4, 0.5) is 0 Å². The third-order valence-corrected chi connectivity index (χ3v) is 3.36. The molecule has 0 radical (unpaired) electrons. The van der Waals surface area contributed by atoms with E-state index in [2.05, 4.69) is 15.9 Å². The molecule has 0 N–H and O–H groups in total. The zero-order chi connectivity index (χ0) is 13.1. The molecule has 18 heavy (non-hydrogen) atoms. The highest BCUT2D eigenvalue weighted by molar-refractivity contribution is 9.09. The van der Waals surface area contributed by atoms with Gasteiger partial charge < -0.3 is 9.15 Å². The summed E-state index contributed by atoms with van der Waals surface area (Å²) in [6, 6.07) is 5.49. The fraction of sp³-hybridized carbons (Fsp3) is 0.308. The van der Waals surface area contributed by atoms with Crippen molar-refractivity contribution < 1.29 is 13.9 Å². The summed E-state index contributed by atoms with van der Waals surface area (Å²) in [4.78, 5) is 11.2. The molecular formula is C13H12BrClO3. The Kier molecular flexibility index (Phi) is 4.30. The molecular weight excluding hydrogens is 319 g/mol. The first-order valence-electron chi connectivity index (χ1n) is 5.56. The van der Waals surface area contributed by atoms with E-state index < -0.39 is 5.24 Å². The molecule has 1 heterocycles. The van der Waals surface area contributed by atoms with Crippen LogP contribution in [-0.4, -0.2) is 17.2 Å². The number of aryl methyl sites for hydroxylation is 1. The van der Waals surface area contributed by atoms with Crippen molar-refractivity contribution in [1.82, 2.24) is 0 Å². The van der Waals surface area contributed by atoms with Gasteiger partial charge in [-0.1, -0.05) is 22.0 Å². The number of rotatable bonds is 5. The molecule has 1 aromatic heterocycles. The zero-order valence-corrected chi connectivity index (χ0v) is 12.2. The monoisotopic (exact) mass is 330 g/mol. The Bertz CT molecular complexity index is 577. The van der Waals surface area contributed by atoms with Gasteiger partial charge in [0.05, 0.1) is 12.0 Å². The molecule has 0 saturated heterocycles. The number of benzene rings is 1. The van der Waals surface area contributed by atoms with Gasteiger partial charge in [-0.25, -0.2) is 0 Å². The molecule has 0 unspecified atom stereocenters. The lowest BCUT2D eigenvalue weighted by atomic mass is 10.1. The van der Waals surface area contributed by atoms with Crippen LogP contribution in [0.1, 0.15) is 22.5 Å². The molecule has 1 aromatic carbocycles. The molecule has 0 aliphatic carbocycles. The number of fused-ring (bicyclic) bond motifs is 1. The minimum absolute atomic E-state index is 0.184. The number of hydrogen-bond donors (Lipinski definition) is 0. The van der Waals surface area contributed by atoms with Crippen LogP contribution in [0.25, 0.3) is 11.0 Å². The summed E-state index contributed by atoms with van der Waals surface area (Å²) in [5.74, 6) is 0.905. The van der Waals surface area contributed by atoms with Gasteiger partial charge in [0.2, 0.25) is 0 Å². The maximum Gasteiger partial charge on any atom is 0.288 e. The SMILES string of the molecule is Cc1c(C(=O)Cl)oc2cccc(OCCCBr)c12. The van der Waals surface area contributed by atoms with E-state index in [0.29, 0.717) is 12.2 Å².